The van der Waals surface area contributed by atoms with Gasteiger partial charge in [-0.2, -0.15) is 0 Å². The van der Waals surface area contributed by atoms with Crippen molar-refractivity contribution in [1.29, 1.82) is 0 Å². The lowest BCUT2D eigenvalue weighted by Gasteiger charge is -2.36. The zero-order valence-corrected chi connectivity index (χ0v) is 14.3. The average molecular weight is 346 g/mol. The topological polar surface area (TPSA) is 81.0 Å². The molecule has 134 valence electrons. The number of rotatable bonds is 5. The van der Waals surface area contributed by atoms with E-state index in [0.29, 0.717) is 19.5 Å². The van der Waals surface area contributed by atoms with Crippen LogP contribution in [-0.2, 0) is 20.9 Å². The van der Waals surface area contributed by atoms with Crippen LogP contribution in [0.4, 0.5) is 0 Å². The van der Waals surface area contributed by atoms with Crippen LogP contribution in [0.2, 0.25) is 0 Å². The van der Waals surface area contributed by atoms with Crippen LogP contribution in [0.3, 0.4) is 0 Å². The molecule has 25 heavy (non-hydrogen) atoms. The van der Waals surface area contributed by atoms with Gasteiger partial charge in [-0.3, -0.25) is 9.59 Å². The highest BCUT2D eigenvalue weighted by molar-refractivity contribution is 5.84. The number of carbonyl (C=O) groups excluding carboxylic acids is 1. The smallest absolute Gasteiger partial charge is 0.309 e. The molecule has 2 aromatic rings. The number of hydrogen-bond acceptors (Lipinski definition) is 4. The molecule has 1 aliphatic heterocycles. The zero-order valence-electron chi connectivity index (χ0n) is 14.3. The molecule has 2 unspecified atom stereocenters. The molecule has 0 radical (unpaired) electrons. The summed E-state index contributed by atoms with van der Waals surface area (Å²) in [4.78, 5) is 25.6. The Morgan fingerprint density at radius 3 is 2.76 bits per heavy atom. The summed E-state index contributed by atoms with van der Waals surface area (Å²) in [5, 5.41) is 10.2. The van der Waals surface area contributed by atoms with Crippen molar-refractivity contribution >= 4 is 22.8 Å². The second-order valence-electron chi connectivity index (χ2n) is 6.22. The summed E-state index contributed by atoms with van der Waals surface area (Å²) in [6.45, 7) is 0.950. The van der Waals surface area contributed by atoms with Crippen LogP contribution in [0.5, 0.6) is 5.75 Å². The Morgan fingerprint density at radius 2 is 2.08 bits per heavy atom. The molecule has 2 atom stereocenters. The molecule has 1 aromatic carbocycles. The van der Waals surface area contributed by atoms with Crippen LogP contribution in [0.15, 0.2) is 30.5 Å². The molecular formula is C18H22N2O5. The molecule has 0 bridgehead atoms. The van der Waals surface area contributed by atoms with E-state index in [0.717, 1.165) is 16.7 Å². The number of methoxy groups -OCH3 is 2. The molecule has 2 heterocycles. The maximum atomic E-state index is 12.6. The summed E-state index contributed by atoms with van der Waals surface area (Å²) in [7, 11) is 3.11. The highest BCUT2D eigenvalue weighted by Gasteiger charge is 2.35. The number of carboxylic acid groups (broad SMARTS) is 1. The summed E-state index contributed by atoms with van der Waals surface area (Å²) < 4.78 is 12.4. The first-order chi connectivity index (χ1) is 12.0. The van der Waals surface area contributed by atoms with Gasteiger partial charge in [-0.15, -0.1) is 0 Å². The molecule has 1 fully saturated rings. The third-order valence-corrected chi connectivity index (χ3v) is 4.82. The molecule has 0 aliphatic carbocycles. The van der Waals surface area contributed by atoms with E-state index in [4.69, 9.17) is 9.47 Å². The second-order valence-corrected chi connectivity index (χ2v) is 6.22. The van der Waals surface area contributed by atoms with Gasteiger partial charge < -0.3 is 24.0 Å². The third kappa shape index (κ3) is 3.46. The molecule has 0 spiro atoms. The molecule has 0 saturated carbocycles. The number of aromatic nitrogens is 1. The van der Waals surface area contributed by atoms with E-state index in [2.05, 4.69) is 0 Å². The number of benzene rings is 1. The third-order valence-electron chi connectivity index (χ3n) is 4.82. The van der Waals surface area contributed by atoms with Crippen LogP contribution in [0.25, 0.3) is 10.9 Å². The summed E-state index contributed by atoms with van der Waals surface area (Å²) in [6, 6.07) is 7.66. The monoisotopic (exact) mass is 346 g/mol. The van der Waals surface area contributed by atoms with Crippen LogP contribution < -0.4 is 4.74 Å². The van der Waals surface area contributed by atoms with Crippen LogP contribution in [0, 0.1) is 5.92 Å². The Balaban J connectivity index is 1.71. The highest BCUT2D eigenvalue weighted by atomic mass is 16.5. The lowest BCUT2D eigenvalue weighted by atomic mass is 9.94. The van der Waals surface area contributed by atoms with Gasteiger partial charge in [-0.05, 0) is 30.7 Å². The second kappa shape index (κ2) is 7.14. The Hall–Kier alpha value is -2.54. The van der Waals surface area contributed by atoms with Gasteiger partial charge in [0.2, 0.25) is 5.91 Å². The molecule has 1 saturated heterocycles. The normalized spacial score (nSPS) is 20.6. The minimum atomic E-state index is -0.871. The molecule has 1 aliphatic rings. The van der Waals surface area contributed by atoms with Crippen molar-refractivity contribution in [3.05, 3.63) is 30.5 Å². The number of piperidine rings is 1. The Kier molecular flexibility index (Phi) is 4.94. The van der Waals surface area contributed by atoms with Gasteiger partial charge in [0.05, 0.1) is 19.1 Å². The Labute approximate surface area is 145 Å². The van der Waals surface area contributed by atoms with Crippen LogP contribution in [-0.4, -0.2) is 59.9 Å². The van der Waals surface area contributed by atoms with Crippen molar-refractivity contribution in [2.75, 3.05) is 27.3 Å². The first-order valence-corrected chi connectivity index (χ1v) is 8.19. The predicted molar refractivity (Wildman–Crippen MR) is 91.6 cm³/mol. The van der Waals surface area contributed by atoms with Crippen molar-refractivity contribution in [2.24, 2.45) is 5.92 Å². The van der Waals surface area contributed by atoms with E-state index in [1.807, 2.05) is 35.0 Å². The molecule has 7 heteroatoms. The first-order valence-electron chi connectivity index (χ1n) is 8.19. The number of hydrogen-bond donors (Lipinski definition) is 1. The summed E-state index contributed by atoms with van der Waals surface area (Å²) >= 11 is 0. The maximum absolute atomic E-state index is 12.6. The van der Waals surface area contributed by atoms with Gasteiger partial charge in [0, 0.05) is 37.3 Å². The number of nitrogens with zero attached hydrogens (tertiary/aromatic N) is 2. The number of carboxylic acids is 1. The lowest BCUT2D eigenvalue weighted by molar-refractivity contribution is -0.154. The molecule has 3 rings (SSSR count). The fourth-order valence-corrected chi connectivity index (χ4v) is 3.35. The quantitative estimate of drug-likeness (QED) is 0.889. The first kappa shape index (κ1) is 17.3. The van der Waals surface area contributed by atoms with E-state index < -0.39 is 18.0 Å². The zero-order chi connectivity index (χ0) is 18.0. The minimum absolute atomic E-state index is 0.0424. The van der Waals surface area contributed by atoms with E-state index in [9.17, 15) is 14.7 Å². The van der Waals surface area contributed by atoms with Gasteiger partial charge in [-0.25, -0.2) is 0 Å². The molecule has 1 amide bonds. The standard InChI is InChI=1S/C18H22N2O5/c1-24-13-3-4-15-12(9-13)5-7-19(15)11-17(21)20-8-6-14(18(22)23)16(10-20)25-2/h3-5,7,9,14,16H,6,8,10-11H2,1-2H3,(H,22,23). The molecule has 7 nitrogen and oxygen atoms in total. The highest BCUT2D eigenvalue weighted by Crippen LogP contribution is 2.23. The van der Waals surface area contributed by atoms with Crippen molar-refractivity contribution in [2.45, 2.75) is 19.1 Å². The fraction of sp³-hybridized carbons (Fsp3) is 0.444. The SMILES string of the molecule is COc1ccc2c(ccn2CC(=O)N2CCC(C(=O)O)C(OC)C2)c1. The van der Waals surface area contributed by atoms with Gasteiger partial charge in [-0.1, -0.05) is 0 Å². The van der Waals surface area contributed by atoms with Gasteiger partial charge in [0.15, 0.2) is 0 Å². The number of ether oxygens (including phenoxy) is 2. The Morgan fingerprint density at radius 1 is 1.28 bits per heavy atom. The predicted octanol–water partition coefficient (Wildman–Crippen LogP) is 1.60. The van der Waals surface area contributed by atoms with Crippen LogP contribution in [0.1, 0.15) is 6.42 Å². The van der Waals surface area contributed by atoms with Gasteiger partial charge in [0.25, 0.3) is 0 Å². The lowest BCUT2D eigenvalue weighted by Crippen LogP contribution is -2.50. The van der Waals surface area contributed by atoms with Crippen molar-refractivity contribution in [1.82, 2.24) is 9.47 Å². The number of likely N-dealkylation sites (tertiary alicyclic amines) is 1. The summed E-state index contributed by atoms with van der Waals surface area (Å²) in [5.74, 6) is -0.701. The molecule has 1 N–H and O–H groups in total. The number of amides is 1. The van der Waals surface area contributed by atoms with Gasteiger partial charge >= 0.3 is 5.97 Å². The number of carbonyl (C=O) groups is 2. The van der Waals surface area contributed by atoms with E-state index >= 15 is 0 Å². The van der Waals surface area contributed by atoms with Crippen LogP contribution >= 0.6 is 0 Å². The maximum Gasteiger partial charge on any atom is 0.309 e. The van der Waals surface area contributed by atoms with Crippen molar-refractivity contribution < 1.29 is 24.2 Å². The van der Waals surface area contributed by atoms with E-state index in [-0.39, 0.29) is 12.5 Å². The van der Waals surface area contributed by atoms with Gasteiger partial charge in [0.1, 0.15) is 12.3 Å². The number of fused-ring (bicyclic) bond motifs is 1. The summed E-state index contributed by atoms with van der Waals surface area (Å²) in [5.41, 5.74) is 0.956. The number of aliphatic carboxylic acids is 1. The van der Waals surface area contributed by atoms with E-state index in [1.54, 1.807) is 12.0 Å². The average Bonchev–Trinajstić information content (AvgIpc) is 3.02. The minimum Gasteiger partial charge on any atom is -0.497 e. The van der Waals surface area contributed by atoms with E-state index in [1.165, 1.54) is 7.11 Å². The largest absolute Gasteiger partial charge is 0.497 e. The Bertz CT molecular complexity index is 785. The molecule has 1 aromatic heterocycles. The molecular weight excluding hydrogens is 324 g/mol. The fourth-order valence-electron chi connectivity index (χ4n) is 3.35. The summed E-state index contributed by atoms with van der Waals surface area (Å²) in [6.07, 6.45) is 1.81. The van der Waals surface area contributed by atoms with Crippen molar-refractivity contribution in [3.8, 4) is 5.75 Å². The van der Waals surface area contributed by atoms with Crippen molar-refractivity contribution in [3.63, 3.8) is 0 Å².